The van der Waals surface area contributed by atoms with Crippen molar-refractivity contribution in [1.82, 2.24) is 9.13 Å². The first-order chi connectivity index (χ1) is 17.2. The van der Waals surface area contributed by atoms with Gasteiger partial charge in [-0.05, 0) is 63.0 Å². The Kier molecular flexibility index (Phi) is 5.64. The van der Waals surface area contributed by atoms with Gasteiger partial charge in [0.15, 0.2) is 0 Å². The van der Waals surface area contributed by atoms with Crippen LogP contribution in [0.2, 0.25) is 0 Å². The molecule has 1 N–H and O–H groups in total. The molecule has 0 spiro atoms. The largest absolute Gasteiger partial charge is 0.371 e. The number of nitrogens with zero attached hydrogens (tertiary/aromatic N) is 2. The zero-order valence-corrected chi connectivity index (χ0v) is 21.2. The number of rotatable bonds is 8. The summed E-state index contributed by atoms with van der Waals surface area (Å²) in [6, 6.07) is 23.0. The van der Waals surface area contributed by atoms with Gasteiger partial charge in [0.25, 0.3) is 0 Å². The lowest BCUT2D eigenvalue weighted by Crippen LogP contribution is -2.05. The third-order valence-corrected chi connectivity index (χ3v) is 7.92. The Bertz CT molecular complexity index is 1680. The van der Waals surface area contributed by atoms with Crippen molar-refractivity contribution in [1.29, 1.82) is 0 Å². The average Bonchev–Trinajstić information content (AvgIpc) is 3.42. The number of aryl methyl sites for hydroxylation is 2. The molecule has 0 bridgehead atoms. The molecule has 0 aliphatic rings. The van der Waals surface area contributed by atoms with Crippen LogP contribution in [-0.4, -0.2) is 15.7 Å². The number of aromatic nitrogens is 2. The van der Waals surface area contributed by atoms with Crippen molar-refractivity contribution in [3.05, 3.63) is 66.9 Å². The lowest BCUT2D eigenvalue weighted by atomic mass is 9.94. The fraction of sp³-hybridized carbons (Fsp3) is 0.312. The lowest BCUT2D eigenvalue weighted by Gasteiger charge is -2.10. The van der Waals surface area contributed by atoms with Crippen LogP contribution in [-0.2, 0) is 14.1 Å². The van der Waals surface area contributed by atoms with Gasteiger partial charge in [0.2, 0.25) is 0 Å². The number of benzene rings is 4. The Labute approximate surface area is 207 Å². The van der Waals surface area contributed by atoms with Crippen molar-refractivity contribution in [2.45, 2.75) is 45.4 Å². The molecule has 3 nitrogen and oxygen atoms in total. The summed E-state index contributed by atoms with van der Waals surface area (Å²) >= 11 is 0. The zero-order valence-electron chi connectivity index (χ0n) is 21.2. The highest BCUT2D eigenvalue weighted by Crippen LogP contribution is 2.38. The molecule has 0 fully saturated rings. The van der Waals surface area contributed by atoms with Crippen molar-refractivity contribution >= 4 is 59.9 Å². The van der Waals surface area contributed by atoms with Crippen LogP contribution in [0.4, 0.5) is 5.82 Å². The van der Waals surface area contributed by atoms with Gasteiger partial charge in [0.1, 0.15) is 5.82 Å². The summed E-state index contributed by atoms with van der Waals surface area (Å²) in [5.41, 5.74) is 2.57. The van der Waals surface area contributed by atoms with E-state index in [9.17, 15) is 0 Å². The van der Waals surface area contributed by atoms with Gasteiger partial charge in [-0.15, -0.1) is 0 Å². The molecule has 0 radical (unpaired) electrons. The zero-order chi connectivity index (χ0) is 23.9. The van der Waals surface area contributed by atoms with Crippen molar-refractivity contribution in [3.8, 4) is 0 Å². The topological polar surface area (TPSA) is 21.9 Å². The van der Waals surface area contributed by atoms with Crippen molar-refractivity contribution < 1.29 is 0 Å². The number of fused-ring (bicyclic) bond motifs is 9. The summed E-state index contributed by atoms with van der Waals surface area (Å²) in [7, 11) is 4.29. The predicted molar refractivity (Wildman–Crippen MR) is 154 cm³/mol. The minimum atomic E-state index is 1.04. The van der Waals surface area contributed by atoms with Gasteiger partial charge in [-0.3, -0.25) is 0 Å². The molecular weight excluding hydrogens is 426 g/mol. The third-order valence-electron chi connectivity index (χ3n) is 7.92. The van der Waals surface area contributed by atoms with Gasteiger partial charge in [0, 0.05) is 43.1 Å². The molecule has 4 aromatic carbocycles. The van der Waals surface area contributed by atoms with Gasteiger partial charge in [-0.25, -0.2) is 0 Å². The highest BCUT2D eigenvalue weighted by molar-refractivity contribution is 6.24. The molecule has 2 aromatic heterocycles. The van der Waals surface area contributed by atoms with E-state index in [1.165, 1.54) is 98.5 Å². The van der Waals surface area contributed by atoms with Crippen LogP contribution in [0.1, 0.15) is 45.4 Å². The minimum absolute atomic E-state index is 1.04. The summed E-state index contributed by atoms with van der Waals surface area (Å²) in [6.07, 6.45) is 10.1. The van der Waals surface area contributed by atoms with Gasteiger partial charge in [-0.1, -0.05) is 75.4 Å². The van der Waals surface area contributed by atoms with Gasteiger partial charge >= 0.3 is 0 Å². The Morgan fingerprint density at radius 2 is 1.11 bits per heavy atom. The molecule has 0 saturated carbocycles. The number of hydrogen-bond acceptors (Lipinski definition) is 1. The Balaban J connectivity index is 1.38. The minimum Gasteiger partial charge on any atom is -0.371 e. The van der Waals surface area contributed by atoms with Crippen LogP contribution in [0.5, 0.6) is 0 Å². The SMILES string of the molecule is CCCCCCCCNc1cc2c3ccc4c(ccc5c4ccc4c5ccn4C)c3ccc2n1C. The van der Waals surface area contributed by atoms with Crippen LogP contribution in [0, 0.1) is 0 Å². The molecule has 2 heterocycles. The molecule has 178 valence electrons. The molecule has 0 amide bonds. The van der Waals surface area contributed by atoms with Crippen molar-refractivity contribution in [2.75, 3.05) is 11.9 Å². The Hall–Kier alpha value is -3.46. The Morgan fingerprint density at radius 3 is 1.80 bits per heavy atom. The normalized spacial score (nSPS) is 12.1. The van der Waals surface area contributed by atoms with E-state index in [0.717, 1.165) is 6.54 Å². The first-order valence-corrected chi connectivity index (χ1v) is 13.2. The van der Waals surface area contributed by atoms with E-state index >= 15 is 0 Å². The summed E-state index contributed by atoms with van der Waals surface area (Å²) in [6.45, 7) is 3.31. The van der Waals surface area contributed by atoms with E-state index in [-0.39, 0.29) is 0 Å². The maximum absolute atomic E-state index is 3.70. The quantitative estimate of drug-likeness (QED) is 0.177. The van der Waals surface area contributed by atoms with E-state index < -0.39 is 0 Å². The molecule has 0 atom stereocenters. The number of anilines is 1. The van der Waals surface area contributed by atoms with Crippen LogP contribution >= 0.6 is 0 Å². The van der Waals surface area contributed by atoms with Crippen LogP contribution in [0.25, 0.3) is 54.1 Å². The van der Waals surface area contributed by atoms with Gasteiger partial charge in [-0.2, -0.15) is 0 Å². The highest BCUT2D eigenvalue weighted by Gasteiger charge is 2.13. The predicted octanol–water partition coefficient (Wildman–Crippen LogP) is 8.90. The maximum Gasteiger partial charge on any atom is 0.106 e. The lowest BCUT2D eigenvalue weighted by molar-refractivity contribution is 0.616. The molecule has 6 rings (SSSR count). The van der Waals surface area contributed by atoms with E-state index in [1.807, 2.05) is 0 Å². The molecule has 6 aromatic rings. The standard InChI is InChI=1S/C32H35N3/c1-4-5-6-7-8-9-19-33-32-21-29-27-13-11-22-23(25(27)15-17-31(29)35(32)3)10-12-26-24(22)14-16-30-28(26)18-20-34(30)2/h10-18,20-21,33H,4-9,19H2,1-3H3. The molecular formula is C32H35N3. The Morgan fingerprint density at radius 1 is 0.571 bits per heavy atom. The fourth-order valence-electron chi connectivity index (χ4n) is 5.91. The summed E-state index contributed by atoms with van der Waals surface area (Å²) in [4.78, 5) is 0. The van der Waals surface area contributed by atoms with E-state index in [4.69, 9.17) is 0 Å². The van der Waals surface area contributed by atoms with E-state index in [1.54, 1.807) is 0 Å². The monoisotopic (exact) mass is 461 g/mol. The number of unbranched alkanes of at least 4 members (excludes halogenated alkanes) is 5. The molecule has 0 aliphatic carbocycles. The van der Waals surface area contributed by atoms with Crippen molar-refractivity contribution in [2.24, 2.45) is 14.1 Å². The smallest absolute Gasteiger partial charge is 0.106 e. The summed E-state index contributed by atoms with van der Waals surface area (Å²) in [5, 5.41) is 14.3. The highest BCUT2D eigenvalue weighted by atomic mass is 15.1. The van der Waals surface area contributed by atoms with Crippen LogP contribution in [0.15, 0.2) is 66.9 Å². The number of nitrogens with one attached hydrogen (secondary N) is 1. The summed E-state index contributed by atoms with van der Waals surface area (Å²) in [5.74, 6) is 1.21. The maximum atomic E-state index is 3.70. The van der Waals surface area contributed by atoms with Gasteiger partial charge in [0.05, 0.1) is 5.52 Å². The molecule has 35 heavy (non-hydrogen) atoms. The number of hydrogen-bond donors (Lipinski definition) is 1. The van der Waals surface area contributed by atoms with Gasteiger partial charge < -0.3 is 14.5 Å². The fourth-order valence-corrected chi connectivity index (χ4v) is 5.91. The van der Waals surface area contributed by atoms with Crippen molar-refractivity contribution in [3.63, 3.8) is 0 Å². The molecule has 0 saturated heterocycles. The molecule has 0 aliphatic heterocycles. The van der Waals surface area contributed by atoms with E-state index in [2.05, 4.69) is 102 Å². The first kappa shape index (κ1) is 22.0. The molecule has 0 unspecified atom stereocenters. The first-order valence-electron chi connectivity index (χ1n) is 13.2. The second-order valence-corrected chi connectivity index (χ2v) is 10.1. The van der Waals surface area contributed by atoms with Crippen LogP contribution < -0.4 is 5.32 Å². The summed E-state index contributed by atoms with van der Waals surface area (Å²) < 4.78 is 4.51. The van der Waals surface area contributed by atoms with Crippen LogP contribution in [0.3, 0.4) is 0 Å². The second-order valence-electron chi connectivity index (χ2n) is 10.1. The second kappa shape index (κ2) is 8.96. The third kappa shape index (κ3) is 3.65. The van der Waals surface area contributed by atoms with E-state index in [0.29, 0.717) is 0 Å². The average molecular weight is 462 g/mol. The molecule has 3 heteroatoms.